The maximum Gasteiger partial charge on any atom is 0.343 e. The van der Waals surface area contributed by atoms with Crippen LogP contribution in [0.1, 0.15) is 28.8 Å². The number of nitrogens with zero attached hydrogens (tertiary/aromatic N) is 1. The normalized spacial score (nSPS) is 13.7. The summed E-state index contributed by atoms with van der Waals surface area (Å²) in [6.45, 7) is 0.111. The Hall–Kier alpha value is -2.48. The van der Waals surface area contributed by atoms with Crippen molar-refractivity contribution < 1.29 is 19.6 Å². The Labute approximate surface area is 120 Å². The van der Waals surface area contributed by atoms with Gasteiger partial charge < -0.3 is 15.7 Å². The number of nitrogens with one attached hydrogen (secondary N) is 2. The lowest BCUT2D eigenvalue weighted by molar-refractivity contribution is -0.385. The molecule has 3 N–H and O–H groups in total. The monoisotopic (exact) mass is 293 g/mol. The van der Waals surface area contributed by atoms with Gasteiger partial charge in [0.15, 0.2) is 0 Å². The highest BCUT2D eigenvalue weighted by Crippen LogP contribution is 2.22. The summed E-state index contributed by atoms with van der Waals surface area (Å²) in [6.07, 6.45) is 1.97. The number of nitro benzene ring substituents is 1. The molecule has 1 aliphatic carbocycles. The van der Waals surface area contributed by atoms with Crippen LogP contribution in [-0.2, 0) is 11.3 Å². The first kappa shape index (κ1) is 14.9. The number of hydrogen-bond acceptors (Lipinski definition) is 5. The summed E-state index contributed by atoms with van der Waals surface area (Å²) in [5.41, 5.74) is -0.530. The van der Waals surface area contributed by atoms with Crippen LogP contribution in [0.2, 0.25) is 0 Å². The van der Waals surface area contributed by atoms with Crippen molar-refractivity contribution in [3.63, 3.8) is 0 Å². The molecule has 0 heterocycles. The maximum absolute atomic E-state index is 11.5. The molecule has 0 radical (unpaired) electrons. The molecule has 0 spiro atoms. The quantitative estimate of drug-likeness (QED) is 0.501. The molecule has 1 saturated carbocycles. The van der Waals surface area contributed by atoms with Crippen LogP contribution in [0.25, 0.3) is 0 Å². The van der Waals surface area contributed by atoms with E-state index in [0.717, 1.165) is 18.9 Å². The topological polar surface area (TPSA) is 122 Å². The molecule has 8 heteroatoms. The molecular formula is C13H15N3O5. The van der Waals surface area contributed by atoms with E-state index >= 15 is 0 Å². The molecule has 0 aliphatic heterocycles. The Bertz CT molecular complexity index is 583. The van der Waals surface area contributed by atoms with E-state index in [2.05, 4.69) is 10.6 Å². The highest BCUT2D eigenvalue weighted by Gasteiger charge is 2.24. The fourth-order valence-electron chi connectivity index (χ4n) is 1.95. The minimum atomic E-state index is -1.36. The average Bonchev–Trinajstić information content (AvgIpc) is 3.21. The molecule has 0 bridgehead atoms. The van der Waals surface area contributed by atoms with Crippen molar-refractivity contribution in [1.82, 2.24) is 10.6 Å². The first-order valence-corrected chi connectivity index (χ1v) is 6.48. The zero-order valence-corrected chi connectivity index (χ0v) is 11.2. The SMILES string of the molecule is O=C(CNCc1cccc([N+](=O)[O-])c1C(=O)O)NC1CC1. The van der Waals surface area contributed by atoms with Gasteiger partial charge >= 0.3 is 5.97 Å². The molecule has 0 unspecified atom stereocenters. The van der Waals surface area contributed by atoms with Crippen LogP contribution in [0.3, 0.4) is 0 Å². The van der Waals surface area contributed by atoms with Gasteiger partial charge in [-0.05, 0) is 18.4 Å². The second-order valence-electron chi connectivity index (χ2n) is 4.82. The molecular weight excluding hydrogens is 278 g/mol. The Kier molecular flexibility index (Phi) is 4.49. The van der Waals surface area contributed by atoms with E-state index in [9.17, 15) is 19.7 Å². The number of carbonyl (C=O) groups is 2. The molecule has 1 aromatic rings. The summed E-state index contributed by atoms with van der Waals surface area (Å²) < 4.78 is 0. The molecule has 0 atom stereocenters. The lowest BCUT2D eigenvalue weighted by Crippen LogP contribution is -2.35. The van der Waals surface area contributed by atoms with Crippen molar-refractivity contribution in [3.05, 3.63) is 39.4 Å². The number of amides is 1. The summed E-state index contributed by atoms with van der Waals surface area (Å²) in [4.78, 5) is 32.8. The number of nitro groups is 1. The molecule has 8 nitrogen and oxygen atoms in total. The van der Waals surface area contributed by atoms with E-state index in [1.54, 1.807) is 0 Å². The van der Waals surface area contributed by atoms with Crippen LogP contribution in [0.4, 0.5) is 5.69 Å². The number of hydrogen-bond donors (Lipinski definition) is 3. The van der Waals surface area contributed by atoms with Gasteiger partial charge in [0.1, 0.15) is 5.56 Å². The third-order valence-corrected chi connectivity index (χ3v) is 3.08. The molecule has 0 saturated heterocycles. The molecule has 112 valence electrons. The summed E-state index contributed by atoms with van der Waals surface area (Å²) in [5.74, 6) is -1.53. The van der Waals surface area contributed by atoms with Crippen LogP contribution < -0.4 is 10.6 Å². The zero-order chi connectivity index (χ0) is 15.4. The average molecular weight is 293 g/mol. The summed E-state index contributed by atoms with van der Waals surface area (Å²) >= 11 is 0. The number of carboxylic acids is 1. The first-order chi connectivity index (χ1) is 9.99. The second-order valence-corrected chi connectivity index (χ2v) is 4.82. The van der Waals surface area contributed by atoms with Crippen LogP contribution in [0.15, 0.2) is 18.2 Å². The molecule has 1 aliphatic rings. The van der Waals surface area contributed by atoms with Gasteiger partial charge in [0.25, 0.3) is 5.69 Å². The van der Waals surface area contributed by atoms with Gasteiger partial charge in [-0.1, -0.05) is 12.1 Å². The summed E-state index contributed by atoms with van der Waals surface area (Å²) in [7, 11) is 0. The number of benzene rings is 1. The highest BCUT2D eigenvalue weighted by atomic mass is 16.6. The third-order valence-electron chi connectivity index (χ3n) is 3.08. The smallest absolute Gasteiger partial charge is 0.343 e. The minimum Gasteiger partial charge on any atom is -0.477 e. The lowest BCUT2D eigenvalue weighted by atomic mass is 10.1. The van der Waals surface area contributed by atoms with E-state index < -0.39 is 16.6 Å². The molecule has 1 fully saturated rings. The number of rotatable bonds is 7. The Balaban J connectivity index is 2.01. The van der Waals surface area contributed by atoms with Crippen LogP contribution in [0, 0.1) is 10.1 Å². The van der Waals surface area contributed by atoms with Gasteiger partial charge in [-0.2, -0.15) is 0 Å². The van der Waals surface area contributed by atoms with Crippen LogP contribution >= 0.6 is 0 Å². The molecule has 2 rings (SSSR count). The Morgan fingerprint density at radius 2 is 2.10 bits per heavy atom. The number of carboxylic acid groups (broad SMARTS) is 1. The van der Waals surface area contributed by atoms with Gasteiger partial charge in [0.05, 0.1) is 11.5 Å². The maximum atomic E-state index is 11.5. The van der Waals surface area contributed by atoms with E-state index in [4.69, 9.17) is 5.11 Å². The zero-order valence-electron chi connectivity index (χ0n) is 11.2. The van der Waals surface area contributed by atoms with E-state index in [1.165, 1.54) is 12.1 Å². The van der Waals surface area contributed by atoms with Crippen molar-refractivity contribution in [2.24, 2.45) is 0 Å². The van der Waals surface area contributed by atoms with Crippen molar-refractivity contribution in [3.8, 4) is 0 Å². The predicted molar refractivity (Wildman–Crippen MR) is 72.9 cm³/mol. The van der Waals surface area contributed by atoms with Gasteiger partial charge in [-0.15, -0.1) is 0 Å². The molecule has 1 amide bonds. The van der Waals surface area contributed by atoms with Crippen LogP contribution in [-0.4, -0.2) is 34.5 Å². The first-order valence-electron chi connectivity index (χ1n) is 6.48. The number of carbonyl (C=O) groups excluding carboxylic acids is 1. The highest BCUT2D eigenvalue weighted by molar-refractivity contribution is 5.94. The van der Waals surface area contributed by atoms with E-state index in [-0.39, 0.29) is 36.2 Å². The Morgan fingerprint density at radius 1 is 1.38 bits per heavy atom. The van der Waals surface area contributed by atoms with Gasteiger partial charge in [0, 0.05) is 18.7 Å². The van der Waals surface area contributed by atoms with Gasteiger partial charge in [0.2, 0.25) is 5.91 Å². The van der Waals surface area contributed by atoms with Crippen LogP contribution in [0.5, 0.6) is 0 Å². The standard InChI is InChI=1S/C13H15N3O5/c17-11(15-9-4-5-9)7-14-6-8-2-1-3-10(16(20)21)12(8)13(18)19/h1-3,9,14H,4-7H2,(H,15,17)(H,18,19). The largest absolute Gasteiger partial charge is 0.477 e. The van der Waals surface area contributed by atoms with Crippen molar-refractivity contribution in [2.75, 3.05) is 6.54 Å². The molecule has 0 aromatic heterocycles. The second kappa shape index (κ2) is 6.31. The van der Waals surface area contributed by atoms with E-state index in [1.807, 2.05) is 0 Å². The fraction of sp³-hybridized carbons (Fsp3) is 0.385. The van der Waals surface area contributed by atoms with Gasteiger partial charge in [-0.25, -0.2) is 4.79 Å². The predicted octanol–water partition coefficient (Wildman–Crippen LogP) is 0.661. The fourth-order valence-corrected chi connectivity index (χ4v) is 1.95. The Morgan fingerprint density at radius 3 is 2.67 bits per heavy atom. The van der Waals surface area contributed by atoms with Gasteiger partial charge in [-0.3, -0.25) is 14.9 Å². The lowest BCUT2D eigenvalue weighted by Gasteiger charge is -2.08. The molecule has 1 aromatic carbocycles. The van der Waals surface area contributed by atoms with Crippen molar-refractivity contribution in [1.29, 1.82) is 0 Å². The molecule has 21 heavy (non-hydrogen) atoms. The number of aromatic carboxylic acids is 1. The van der Waals surface area contributed by atoms with Crippen molar-refractivity contribution >= 4 is 17.6 Å². The minimum absolute atomic E-state index is 0.0399. The summed E-state index contributed by atoms with van der Waals surface area (Å²) in [6, 6.07) is 4.31. The summed E-state index contributed by atoms with van der Waals surface area (Å²) in [5, 5.41) is 25.5. The third kappa shape index (κ3) is 3.99. The van der Waals surface area contributed by atoms with Crippen molar-refractivity contribution in [2.45, 2.75) is 25.4 Å². The van der Waals surface area contributed by atoms with E-state index in [0.29, 0.717) is 0 Å².